The number of anilines is 1. The van der Waals surface area contributed by atoms with Crippen molar-refractivity contribution in [3.05, 3.63) is 51.3 Å². The molecule has 1 aromatic carbocycles. The van der Waals surface area contributed by atoms with Crippen LogP contribution in [0.1, 0.15) is 18.7 Å². The maximum Gasteiger partial charge on any atom is 0.289 e. The van der Waals surface area contributed by atoms with Crippen molar-refractivity contribution in [3.63, 3.8) is 0 Å². The van der Waals surface area contributed by atoms with Crippen molar-refractivity contribution in [2.45, 2.75) is 13.0 Å². The summed E-state index contributed by atoms with van der Waals surface area (Å²) in [6.45, 7) is 1.92. The van der Waals surface area contributed by atoms with E-state index >= 15 is 0 Å². The van der Waals surface area contributed by atoms with E-state index < -0.39 is 4.92 Å². The van der Waals surface area contributed by atoms with Gasteiger partial charge in [0.15, 0.2) is 0 Å². The largest absolute Gasteiger partial charge is 0.377 e. The highest BCUT2D eigenvalue weighted by atomic mass is 35.5. The van der Waals surface area contributed by atoms with Gasteiger partial charge < -0.3 is 5.32 Å². The third-order valence-electron chi connectivity index (χ3n) is 2.51. The Hall–Kier alpha value is -2.08. The third kappa shape index (κ3) is 2.60. The molecule has 6 nitrogen and oxygen atoms in total. The molecule has 0 amide bonds. The van der Waals surface area contributed by atoms with Gasteiger partial charge in [-0.3, -0.25) is 15.2 Å². The Kier molecular flexibility index (Phi) is 3.47. The maximum atomic E-state index is 10.8. The van der Waals surface area contributed by atoms with Crippen LogP contribution in [0, 0.1) is 10.1 Å². The van der Waals surface area contributed by atoms with Gasteiger partial charge in [-0.05, 0) is 25.1 Å². The summed E-state index contributed by atoms with van der Waals surface area (Å²) in [4.78, 5) is 10.3. The van der Waals surface area contributed by atoms with E-state index in [9.17, 15) is 10.1 Å². The number of hydrogen-bond acceptors (Lipinski definition) is 4. The molecule has 0 bridgehead atoms. The Bertz CT molecular complexity index is 556. The minimum atomic E-state index is -0.506. The van der Waals surface area contributed by atoms with Crippen LogP contribution in [-0.2, 0) is 0 Å². The zero-order valence-electron chi connectivity index (χ0n) is 9.55. The lowest BCUT2D eigenvalue weighted by Gasteiger charge is -2.13. The van der Waals surface area contributed by atoms with Crippen LogP contribution in [0.15, 0.2) is 30.5 Å². The second-order valence-electron chi connectivity index (χ2n) is 3.80. The van der Waals surface area contributed by atoms with E-state index in [4.69, 9.17) is 11.6 Å². The van der Waals surface area contributed by atoms with E-state index in [1.165, 1.54) is 12.1 Å². The van der Waals surface area contributed by atoms with Gasteiger partial charge in [-0.25, -0.2) is 0 Å². The fourth-order valence-corrected chi connectivity index (χ4v) is 1.76. The fraction of sp³-hybridized carbons (Fsp3) is 0.182. The van der Waals surface area contributed by atoms with Crippen molar-refractivity contribution in [3.8, 4) is 0 Å². The van der Waals surface area contributed by atoms with Crippen LogP contribution in [0.5, 0.6) is 0 Å². The molecule has 0 radical (unpaired) electrons. The summed E-state index contributed by atoms with van der Waals surface area (Å²) in [5, 5.41) is 20.7. The number of aromatic nitrogens is 2. The average molecular weight is 267 g/mol. The molecule has 0 saturated carbocycles. The number of rotatable bonds is 4. The smallest absolute Gasteiger partial charge is 0.289 e. The number of nitro groups is 1. The first kappa shape index (κ1) is 12.4. The number of H-pyrrole nitrogens is 1. The van der Waals surface area contributed by atoms with E-state index in [1.54, 1.807) is 12.3 Å². The van der Waals surface area contributed by atoms with Crippen LogP contribution in [-0.4, -0.2) is 15.1 Å². The van der Waals surface area contributed by atoms with Crippen molar-refractivity contribution in [1.82, 2.24) is 10.2 Å². The lowest BCUT2D eigenvalue weighted by atomic mass is 10.2. The quantitative estimate of drug-likeness (QED) is 0.658. The highest BCUT2D eigenvalue weighted by Gasteiger charge is 2.14. The molecule has 1 heterocycles. The van der Waals surface area contributed by atoms with Gasteiger partial charge in [0, 0.05) is 18.0 Å². The van der Waals surface area contributed by atoms with Crippen LogP contribution in [0.4, 0.5) is 11.4 Å². The Morgan fingerprint density at radius 2 is 2.28 bits per heavy atom. The maximum absolute atomic E-state index is 10.8. The Morgan fingerprint density at radius 1 is 1.50 bits per heavy atom. The van der Waals surface area contributed by atoms with Crippen molar-refractivity contribution >= 4 is 23.0 Å². The minimum Gasteiger partial charge on any atom is -0.377 e. The van der Waals surface area contributed by atoms with Crippen LogP contribution >= 0.6 is 11.6 Å². The fourth-order valence-electron chi connectivity index (χ4n) is 1.58. The van der Waals surface area contributed by atoms with Gasteiger partial charge in [0.25, 0.3) is 5.69 Å². The summed E-state index contributed by atoms with van der Waals surface area (Å²) in [6.07, 6.45) is 1.65. The molecule has 18 heavy (non-hydrogen) atoms. The lowest BCUT2D eigenvalue weighted by Crippen LogP contribution is -2.07. The normalized spacial score (nSPS) is 12.1. The second-order valence-corrected chi connectivity index (χ2v) is 4.21. The number of nitrogens with one attached hydrogen (secondary N) is 2. The summed E-state index contributed by atoms with van der Waals surface area (Å²) in [6, 6.07) is 6.41. The first-order valence-electron chi connectivity index (χ1n) is 5.27. The Morgan fingerprint density at radius 3 is 2.89 bits per heavy atom. The molecule has 7 heteroatoms. The highest BCUT2D eigenvalue weighted by molar-refractivity contribution is 6.32. The van der Waals surface area contributed by atoms with Crippen molar-refractivity contribution in [1.29, 1.82) is 0 Å². The van der Waals surface area contributed by atoms with E-state index in [2.05, 4.69) is 15.5 Å². The molecule has 1 atom stereocenters. The van der Waals surface area contributed by atoms with Crippen LogP contribution in [0.3, 0.4) is 0 Å². The molecule has 1 aromatic heterocycles. The predicted molar refractivity (Wildman–Crippen MR) is 68.7 cm³/mol. The standard InChI is InChI=1S/C11H11ClN4O2/c1-7(10-4-5-13-15-10)14-8-2-3-9(12)11(6-8)16(17)18/h2-7,14H,1H3,(H,13,15). The Labute approximate surface area is 108 Å². The molecule has 2 aromatic rings. The van der Waals surface area contributed by atoms with Gasteiger partial charge in [0.2, 0.25) is 0 Å². The summed E-state index contributed by atoms with van der Waals surface area (Å²) < 4.78 is 0. The summed E-state index contributed by atoms with van der Waals surface area (Å²) in [5.74, 6) is 0. The molecular weight excluding hydrogens is 256 g/mol. The van der Waals surface area contributed by atoms with E-state index in [-0.39, 0.29) is 16.8 Å². The first-order valence-corrected chi connectivity index (χ1v) is 5.65. The van der Waals surface area contributed by atoms with Crippen LogP contribution < -0.4 is 5.32 Å². The predicted octanol–water partition coefficient (Wildman–Crippen LogP) is 3.14. The summed E-state index contributed by atoms with van der Waals surface area (Å²) in [7, 11) is 0. The number of aromatic amines is 1. The van der Waals surface area contributed by atoms with Crippen molar-refractivity contribution in [2.75, 3.05) is 5.32 Å². The van der Waals surface area contributed by atoms with E-state index in [1.807, 2.05) is 13.0 Å². The molecular formula is C11H11ClN4O2. The first-order chi connectivity index (χ1) is 8.58. The van der Waals surface area contributed by atoms with E-state index in [0.29, 0.717) is 5.69 Å². The van der Waals surface area contributed by atoms with Gasteiger partial charge in [-0.15, -0.1) is 0 Å². The molecule has 0 aliphatic carbocycles. The number of nitrogens with zero attached hydrogens (tertiary/aromatic N) is 2. The topological polar surface area (TPSA) is 83.8 Å². The van der Waals surface area contributed by atoms with Crippen molar-refractivity contribution < 1.29 is 4.92 Å². The summed E-state index contributed by atoms with van der Waals surface area (Å²) in [5.41, 5.74) is 1.42. The third-order valence-corrected chi connectivity index (χ3v) is 2.83. The molecule has 0 spiro atoms. The van der Waals surface area contributed by atoms with Crippen molar-refractivity contribution in [2.24, 2.45) is 0 Å². The Balaban J connectivity index is 2.20. The lowest BCUT2D eigenvalue weighted by molar-refractivity contribution is -0.384. The van der Waals surface area contributed by atoms with Gasteiger partial charge >= 0.3 is 0 Å². The zero-order chi connectivity index (χ0) is 13.1. The van der Waals surface area contributed by atoms with Gasteiger partial charge in [0.05, 0.1) is 16.7 Å². The zero-order valence-corrected chi connectivity index (χ0v) is 10.3. The summed E-state index contributed by atoms with van der Waals surface area (Å²) >= 11 is 5.74. The number of hydrogen-bond donors (Lipinski definition) is 2. The number of benzene rings is 1. The SMILES string of the molecule is CC(Nc1ccc(Cl)c([N+](=O)[O-])c1)c1ccn[nH]1. The van der Waals surface area contributed by atoms with Crippen LogP contribution in [0.2, 0.25) is 5.02 Å². The van der Waals surface area contributed by atoms with Gasteiger partial charge in [0.1, 0.15) is 5.02 Å². The van der Waals surface area contributed by atoms with E-state index in [0.717, 1.165) is 5.69 Å². The molecule has 0 aliphatic rings. The van der Waals surface area contributed by atoms with Gasteiger partial charge in [-0.1, -0.05) is 11.6 Å². The second kappa shape index (κ2) is 5.05. The number of nitro benzene ring substituents is 1. The average Bonchev–Trinajstić information content (AvgIpc) is 2.85. The monoisotopic (exact) mass is 266 g/mol. The molecule has 2 N–H and O–H groups in total. The molecule has 0 fully saturated rings. The molecule has 0 aliphatic heterocycles. The minimum absolute atomic E-state index is 0.0340. The molecule has 0 saturated heterocycles. The molecule has 94 valence electrons. The number of halogens is 1. The van der Waals surface area contributed by atoms with Crippen LogP contribution in [0.25, 0.3) is 0 Å². The molecule has 2 rings (SSSR count). The highest BCUT2D eigenvalue weighted by Crippen LogP contribution is 2.28. The van der Waals surface area contributed by atoms with Gasteiger partial charge in [-0.2, -0.15) is 5.10 Å². The molecule has 1 unspecified atom stereocenters.